The van der Waals surface area contributed by atoms with Crippen LogP contribution in [0.25, 0.3) is 11.0 Å². The number of hydrogen-bond acceptors (Lipinski definition) is 7. The number of anilines is 1. The third-order valence-corrected chi connectivity index (χ3v) is 6.92. The van der Waals surface area contributed by atoms with Crippen LogP contribution in [0, 0.1) is 0 Å². The molecule has 0 radical (unpaired) electrons. The van der Waals surface area contributed by atoms with Crippen LogP contribution in [0.15, 0.2) is 63.4 Å². The van der Waals surface area contributed by atoms with Gasteiger partial charge in [0.25, 0.3) is 0 Å². The number of ketones is 1. The van der Waals surface area contributed by atoms with Crippen molar-refractivity contribution in [1.29, 1.82) is 0 Å². The first-order valence-electron chi connectivity index (χ1n) is 11.7. The monoisotopic (exact) mass is 473 g/mol. The molecule has 0 bridgehead atoms. The minimum atomic E-state index is -0.658. The average molecular weight is 474 g/mol. The van der Waals surface area contributed by atoms with Crippen molar-refractivity contribution in [2.24, 2.45) is 0 Å². The van der Waals surface area contributed by atoms with Crippen molar-refractivity contribution in [3.8, 4) is 5.75 Å². The number of carbonyl (C=O) groups is 2. The highest BCUT2D eigenvalue weighted by molar-refractivity contribution is 5.94. The number of rotatable bonds is 6. The lowest BCUT2D eigenvalue weighted by molar-refractivity contribution is -0.148. The van der Waals surface area contributed by atoms with Gasteiger partial charge in [0.15, 0.2) is 19.0 Å². The van der Waals surface area contributed by atoms with Crippen LogP contribution in [0.3, 0.4) is 0 Å². The van der Waals surface area contributed by atoms with Gasteiger partial charge in [-0.15, -0.1) is 0 Å². The second kappa shape index (κ2) is 8.73. The van der Waals surface area contributed by atoms with Crippen LogP contribution in [0.1, 0.15) is 37.0 Å². The molecule has 2 aromatic carbocycles. The van der Waals surface area contributed by atoms with E-state index in [0.717, 1.165) is 52.7 Å². The summed E-state index contributed by atoms with van der Waals surface area (Å²) in [4.78, 5) is 38.9. The van der Waals surface area contributed by atoms with Crippen molar-refractivity contribution in [2.75, 3.05) is 25.2 Å². The lowest BCUT2D eigenvalue weighted by Gasteiger charge is -2.23. The largest absolute Gasteiger partial charge is 0.482 e. The van der Waals surface area contributed by atoms with Crippen molar-refractivity contribution in [3.63, 3.8) is 0 Å². The number of para-hydroxylation sites is 1. The van der Waals surface area contributed by atoms with Crippen molar-refractivity contribution in [1.82, 2.24) is 0 Å². The Morgan fingerprint density at radius 1 is 1.09 bits per heavy atom. The Balaban J connectivity index is 1.19. The summed E-state index contributed by atoms with van der Waals surface area (Å²) in [6.45, 7) is 3.40. The highest BCUT2D eigenvalue weighted by Crippen LogP contribution is 2.46. The van der Waals surface area contributed by atoms with E-state index in [1.807, 2.05) is 36.2 Å². The SMILES string of the molecule is CN1/C(=C\C(=O)COC(=O)COc2ccc3c4c(c(=O)oc3c2)CCC4)C(C)(C)c2ccccc21. The van der Waals surface area contributed by atoms with Crippen molar-refractivity contribution in [3.05, 3.63) is 81.3 Å². The number of nitrogens with zero attached hydrogens (tertiary/aromatic N) is 1. The number of ether oxygens (including phenoxy) is 2. The number of aryl methyl sites for hydroxylation is 1. The van der Waals surface area contributed by atoms with Crippen LogP contribution in [-0.2, 0) is 32.6 Å². The molecule has 7 heteroatoms. The molecule has 0 atom stereocenters. The molecule has 35 heavy (non-hydrogen) atoms. The fourth-order valence-electron chi connectivity index (χ4n) is 5.14. The molecule has 5 rings (SSSR count). The summed E-state index contributed by atoms with van der Waals surface area (Å²) in [5.41, 5.74) is 4.63. The van der Waals surface area contributed by atoms with Gasteiger partial charge >= 0.3 is 11.6 Å². The van der Waals surface area contributed by atoms with Crippen molar-refractivity contribution >= 4 is 28.4 Å². The highest BCUT2D eigenvalue weighted by atomic mass is 16.6. The summed E-state index contributed by atoms with van der Waals surface area (Å²) in [5, 5.41) is 0.896. The van der Waals surface area contributed by atoms with Crippen molar-refractivity contribution in [2.45, 2.75) is 38.5 Å². The molecule has 0 amide bonds. The number of benzene rings is 2. The fourth-order valence-corrected chi connectivity index (χ4v) is 5.14. The first-order valence-corrected chi connectivity index (χ1v) is 11.7. The molecule has 1 aromatic heterocycles. The molecule has 1 aliphatic heterocycles. The predicted molar refractivity (Wildman–Crippen MR) is 132 cm³/mol. The minimum absolute atomic E-state index is 0.303. The zero-order valence-electron chi connectivity index (χ0n) is 20.1. The van der Waals surface area contributed by atoms with E-state index in [1.54, 1.807) is 12.1 Å². The molecule has 2 aliphatic rings. The van der Waals surface area contributed by atoms with Crippen LogP contribution >= 0.6 is 0 Å². The number of allylic oxidation sites excluding steroid dienone is 1. The zero-order chi connectivity index (χ0) is 24.7. The Morgan fingerprint density at radius 2 is 1.86 bits per heavy atom. The van der Waals surface area contributed by atoms with Crippen LogP contribution in [0.2, 0.25) is 0 Å². The Bertz CT molecular complexity index is 1430. The van der Waals surface area contributed by atoms with E-state index < -0.39 is 5.97 Å². The molecule has 3 aromatic rings. The summed E-state index contributed by atoms with van der Waals surface area (Å²) < 4.78 is 16.1. The van der Waals surface area contributed by atoms with Gasteiger partial charge in [0, 0.05) is 46.9 Å². The number of likely N-dealkylation sites (N-methyl/N-ethyl adjacent to an activating group) is 1. The van der Waals surface area contributed by atoms with E-state index in [9.17, 15) is 14.4 Å². The van der Waals surface area contributed by atoms with Gasteiger partial charge in [-0.3, -0.25) is 4.79 Å². The molecule has 0 saturated carbocycles. The molecule has 180 valence electrons. The van der Waals surface area contributed by atoms with E-state index in [4.69, 9.17) is 13.9 Å². The average Bonchev–Trinajstić information content (AvgIpc) is 3.41. The van der Waals surface area contributed by atoms with Gasteiger partial charge in [-0.1, -0.05) is 32.0 Å². The smallest absolute Gasteiger partial charge is 0.344 e. The molecular weight excluding hydrogens is 446 g/mol. The third-order valence-electron chi connectivity index (χ3n) is 6.92. The number of carbonyl (C=O) groups excluding carboxylic acids is 2. The maximum atomic E-state index is 12.6. The fraction of sp³-hybridized carbons (Fsp3) is 0.321. The summed E-state index contributed by atoms with van der Waals surface area (Å²) in [7, 11) is 1.92. The Hall–Kier alpha value is -3.87. The second-order valence-electron chi connectivity index (χ2n) is 9.50. The van der Waals surface area contributed by atoms with Gasteiger partial charge in [0.05, 0.1) is 0 Å². The topological polar surface area (TPSA) is 86.0 Å². The molecule has 0 saturated heterocycles. The molecule has 0 N–H and O–H groups in total. The summed E-state index contributed by atoms with van der Waals surface area (Å²) in [6, 6.07) is 13.2. The Morgan fingerprint density at radius 3 is 2.66 bits per heavy atom. The van der Waals surface area contributed by atoms with Crippen molar-refractivity contribution < 1.29 is 23.5 Å². The molecule has 0 spiro atoms. The van der Waals surface area contributed by atoms with Crippen LogP contribution in [0.5, 0.6) is 5.75 Å². The molecule has 1 aliphatic carbocycles. The van der Waals surface area contributed by atoms with Gasteiger partial charge in [-0.2, -0.15) is 0 Å². The summed E-state index contributed by atoms with van der Waals surface area (Å²) in [6.07, 6.45) is 4.08. The number of fused-ring (bicyclic) bond motifs is 4. The van der Waals surface area contributed by atoms with Gasteiger partial charge in [0.2, 0.25) is 0 Å². The molecule has 0 unspecified atom stereocenters. The number of esters is 1. The minimum Gasteiger partial charge on any atom is -0.482 e. The van der Waals surface area contributed by atoms with Crippen LogP contribution in [0.4, 0.5) is 5.69 Å². The van der Waals surface area contributed by atoms with Crippen LogP contribution in [-0.4, -0.2) is 32.0 Å². The van der Waals surface area contributed by atoms with Gasteiger partial charge in [-0.25, -0.2) is 9.59 Å². The lowest BCUT2D eigenvalue weighted by atomic mass is 9.83. The molecular formula is C28H27NO6. The predicted octanol–water partition coefficient (Wildman–Crippen LogP) is 4.08. The standard InChI is InChI=1S/C28H27NO6/c1-28(2)22-9-4-5-10-23(22)29(3)25(28)13-17(30)15-34-26(31)16-33-18-11-12-20-19-7-6-8-21(19)27(32)35-24(20)14-18/h4-5,9-14H,6-8,15-16H2,1-3H3/b25-13-. The van der Waals surface area contributed by atoms with Crippen LogP contribution < -0.4 is 15.3 Å². The van der Waals surface area contributed by atoms with E-state index in [2.05, 4.69) is 19.9 Å². The first kappa shape index (κ1) is 22.9. The second-order valence-corrected chi connectivity index (χ2v) is 9.50. The molecule has 2 heterocycles. The maximum Gasteiger partial charge on any atom is 0.344 e. The van der Waals surface area contributed by atoms with Gasteiger partial charge < -0.3 is 18.8 Å². The summed E-state index contributed by atoms with van der Waals surface area (Å²) in [5.74, 6) is -0.576. The van der Waals surface area contributed by atoms with Gasteiger partial charge in [-0.05, 0) is 48.6 Å². The number of hydrogen-bond donors (Lipinski definition) is 0. The highest BCUT2D eigenvalue weighted by Gasteiger charge is 2.38. The Labute approximate surface area is 202 Å². The third kappa shape index (κ3) is 4.11. The maximum absolute atomic E-state index is 12.6. The van der Waals surface area contributed by atoms with E-state index in [0.29, 0.717) is 11.3 Å². The normalized spacial score (nSPS) is 16.9. The van der Waals surface area contributed by atoms with E-state index in [1.165, 1.54) is 6.08 Å². The zero-order valence-corrected chi connectivity index (χ0v) is 20.1. The lowest BCUT2D eigenvalue weighted by Crippen LogP contribution is -2.25. The molecule has 7 nitrogen and oxygen atoms in total. The summed E-state index contributed by atoms with van der Waals surface area (Å²) >= 11 is 0. The van der Waals surface area contributed by atoms with E-state index >= 15 is 0 Å². The van der Waals surface area contributed by atoms with E-state index in [-0.39, 0.29) is 30.0 Å². The molecule has 0 fully saturated rings. The van der Waals surface area contributed by atoms with Gasteiger partial charge in [0.1, 0.15) is 11.3 Å². The quantitative estimate of drug-likeness (QED) is 0.303. The first-order chi connectivity index (χ1) is 16.8. The Kier molecular flexibility index (Phi) is 5.71.